The molecule has 258 valence electrons. The molecule has 0 aliphatic rings. The minimum atomic E-state index is -0.464. The third-order valence-corrected chi connectivity index (χ3v) is 11.4. The van der Waals surface area contributed by atoms with Gasteiger partial charge in [0.25, 0.3) is 0 Å². The Kier molecular flexibility index (Phi) is 13.0. The van der Waals surface area contributed by atoms with Crippen molar-refractivity contribution in [3.63, 3.8) is 0 Å². The number of hydrogen-bond acceptors (Lipinski definition) is 3. The van der Waals surface area contributed by atoms with E-state index in [1.165, 1.54) is 17.2 Å². The molecule has 0 heterocycles. The summed E-state index contributed by atoms with van der Waals surface area (Å²) < 4.78 is 6.21. The summed E-state index contributed by atoms with van der Waals surface area (Å²) in [5, 5.41) is 12.1. The summed E-state index contributed by atoms with van der Waals surface area (Å²) in [6.07, 6.45) is 7.41. The van der Waals surface area contributed by atoms with Crippen molar-refractivity contribution >= 4 is 5.97 Å². The van der Waals surface area contributed by atoms with Crippen LogP contribution in [0.3, 0.4) is 0 Å². The molecule has 0 amide bonds. The van der Waals surface area contributed by atoms with Gasteiger partial charge in [0.1, 0.15) is 11.5 Å². The lowest BCUT2D eigenvalue weighted by Crippen LogP contribution is -2.29. The van der Waals surface area contributed by atoms with Gasteiger partial charge >= 0.3 is 5.97 Å². The molecular formula is C43H68O3. The number of carbonyl (C=O) groups is 1. The number of phenols is 1. The van der Waals surface area contributed by atoms with Gasteiger partial charge in [0.2, 0.25) is 0 Å². The highest BCUT2D eigenvalue weighted by Crippen LogP contribution is 2.49. The number of ether oxygens (including phenoxy) is 1. The van der Waals surface area contributed by atoms with Crippen molar-refractivity contribution in [3.05, 3.63) is 70.3 Å². The van der Waals surface area contributed by atoms with Gasteiger partial charge in [0.15, 0.2) is 0 Å². The standard InChI is InChI=1S/C43H68O3/c1-17-21-28(5)42(13,14)32-23-31(27-40(8,9)10)38(45)34(24-32)30(7)35-25-33(43(15,16)29(6)22-18-2)26-36(41(11,12)20-4)39(35)46-37(44)19-3/h19,23-26,28-30,45H,3,17-18,20-22,27H2,1-2,4-16H3. The van der Waals surface area contributed by atoms with E-state index >= 15 is 0 Å². The van der Waals surface area contributed by atoms with Gasteiger partial charge in [-0.05, 0) is 63.0 Å². The van der Waals surface area contributed by atoms with Crippen molar-refractivity contribution in [1.82, 2.24) is 0 Å². The Morgan fingerprint density at radius 2 is 1.28 bits per heavy atom. The fraction of sp³-hybridized carbons (Fsp3) is 0.651. The maximum Gasteiger partial charge on any atom is 0.335 e. The molecular weight excluding hydrogens is 564 g/mol. The molecule has 2 aromatic carbocycles. The number of esters is 1. The molecule has 0 radical (unpaired) electrons. The third-order valence-electron chi connectivity index (χ3n) is 11.4. The van der Waals surface area contributed by atoms with Gasteiger partial charge in [-0.3, -0.25) is 0 Å². The van der Waals surface area contributed by atoms with Crippen LogP contribution in [0.15, 0.2) is 36.9 Å². The molecule has 0 fully saturated rings. The van der Waals surface area contributed by atoms with Gasteiger partial charge in [-0.15, -0.1) is 0 Å². The Balaban J connectivity index is 3.10. The number of phenolic OH excluding ortho intramolecular Hbond substituents is 1. The van der Waals surface area contributed by atoms with Gasteiger partial charge in [-0.1, -0.05) is 160 Å². The Morgan fingerprint density at radius 1 is 0.804 bits per heavy atom. The molecule has 0 saturated carbocycles. The number of rotatable bonds is 15. The largest absolute Gasteiger partial charge is 0.507 e. The molecule has 1 N–H and O–H groups in total. The molecule has 0 saturated heterocycles. The zero-order chi connectivity index (χ0) is 35.4. The average molecular weight is 633 g/mol. The lowest BCUT2D eigenvalue weighted by atomic mass is 9.68. The van der Waals surface area contributed by atoms with E-state index in [0.29, 0.717) is 23.3 Å². The van der Waals surface area contributed by atoms with E-state index in [-0.39, 0.29) is 27.6 Å². The van der Waals surface area contributed by atoms with Crippen LogP contribution in [0.4, 0.5) is 0 Å². The molecule has 0 spiro atoms. The summed E-state index contributed by atoms with van der Waals surface area (Å²) in [7, 11) is 0. The number of hydrogen-bond donors (Lipinski definition) is 1. The molecule has 0 aliphatic heterocycles. The molecule has 3 atom stereocenters. The maximum absolute atomic E-state index is 12.9. The van der Waals surface area contributed by atoms with Gasteiger partial charge in [0.05, 0.1) is 0 Å². The zero-order valence-electron chi connectivity index (χ0n) is 32.3. The molecule has 46 heavy (non-hydrogen) atoms. The van der Waals surface area contributed by atoms with Gasteiger partial charge in [-0.2, -0.15) is 0 Å². The fourth-order valence-corrected chi connectivity index (χ4v) is 6.75. The first-order valence-electron chi connectivity index (χ1n) is 18.0. The van der Waals surface area contributed by atoms with Crippen molar-refractivity contribution in [2.24, 2.45) is 17.3 Å². The van der Waals surface area contributed by atoms with E-state index < -0.39 is 5.97 Å². The van der Waals surface area contributed by atoms with Crippen LogP contribution < -0.4 is 4.74 Å². The van der Waals surface area contributed by atoms with Crippen LogP contribution in [0.1, 0.15) is 175 Å². The van der Waals surface area contributed by atoms with Gasteiger partial charge < -0.3 is 9.84 Å². The minimum absolute atomic E-state index is 0.00187. The van der Waals surface area contributed by atoms with Crippen molar-refractivity contribution in [2.45, 2.75) is 165 Å². The first-order chi connectivity index (χ1) is 21.1. The van der Waals surface area contributed by atoms with E-state index in [1.807, 2.05) is 0 Å². The van der Waals surface area contributed by atoms with Crippen LogP contribution in [-0.2, 0) is 27.5 Å². The summed E-state index contributed by atoms with van der Waals surface area (Å²) in [4.78, 5) is 12.9. The minimum Gasteiger partial charge on any atom is -0.507 e. The molecule has 0 aromatic heterocycles. The molecule has 0 bridgehead atoms. The normalized spacial score (nSPS) is 14.9. The van der Waals surface area contributed by atoms with Crippen LogP contribution in [0.5, 0.6) is 11.5 Å². The molecule has 3 nitrogen and oxygen atoms in total. The summed E-state index contributed by atoms with van der Waals surface area (Å²) in [5.41, 5.74) is 5.89. The Labute approximate surface area is 283 Å². The van der Waals surface area contributed by atoms with Crippen LogP contribution in [0.25, 0.3) is 0 Å². The molecule has 3 unspecified atom stereocenters. The second kappa shape index (κ2) is 15.1. The van der Waals surface area contributed by atoms with Gasteiger partial charge in [0, 0.05) is 28.7 Å². The van der Waals surface area contributed by atoms with Crippen LogP contribution in [0.2, 0.25) is 0 Å². The predicted molar refractivity (Wildman–Crippen MR) is 199 cm³/mol. The third kappa shape index (κ3) is 8.87. The monoisotopic (exact) mass is 633 g/mol. The highest BCUT2D eigenvalue weighted by molar-refractivity contribution is 5.84. The highest BCUT2D eigenvalue weighted by Gasteiger charge is 2.36. The van der Waals surface area contributed by atoms with E-state index in [2.05, 4.69) is 135 Å². The van der Waals surface area contributed by atoms with Gasteiger partial charge in [-0.25, -0.2) is 4.79 Å². The molecule has 2 aromatic rings. The number of carbonyl (C=O) groups excluding carboxylic acids is 1. The molecule has 3 heteroatoms. The Hall–Kier alpha value is -2.55. The highest BCUT2D eigenvalue weighted by atomic mass is 16.5. The number of benzene rings is 2. The lowest BCUT2D eigenvalue weighted by Gasteiger charge is -2.37. The topological polar surface area (TPSA) is 46.5 Å². The second-order valence-electron chi connectivity index (χ2n) is 17.2. The quantitative estimate of drug-likeness (QED) is 0.121. The molecule has 2 rings (SSSR count). The zero-order valence-corrected chi connectivity index (χ0v) is 32.3. The SMILES string of the molecule is C=CC(=O)Oc1c(C(C)c2cc(C(C)(C)C(C)CCC)cc(CC(C)(C)C)c2O)cc(C(C)(C)C(C)CCC)cc1C(C)(C)CC. The maximum atomic E-state index is 12.9. The first-order valence-corrected chi connectivity index (χ1v) is 18.0. The van der Waals surface area contributed by atoms with Crippen molar-refractivity contribution in [1.29, 1.82) is 0 Å². The summed E-state index contributed by atoms with van der Waals surface area (Å²) >= 11 is 0. The number of aromatic hydroxyl groups is 1. The van der Waals surface area contributed by atoms with Crippen molar-refractivity contribution in [2.75, 3.05) is 0 Å². The predicted octanol–water partition coefficient (Wildman–Crippen LogP) is 12.3. The van der Waals surface area contributed by atoms with Crippen LogP contribution >= 0.6 is 0 Å². The van der Waals surface area contributed by atoms with Crippen molar-refractivity contribution in [3.8, 4) is 11.5 Å². The average Bonchev–Trinajstić information content (AvgIpc) is 2.96. The van der Waals surface area contributed by atoms with Crippen LogP contribution in [0, 0.1) is 17.3 Å². The summed E-state index contributed by atoms with van der Waals surface area (Å²) in [5.74, 6) is 1.19. The smallest absolute Gasteiger partial charge is 0.335 e. The van der Waals surface area contributed by atoms with E-state index in [0.717, 1.165) is 60.8 Å². The van der Waals surface area contributed by atoms with Crippen LogP contribution in [-0.4, -0.2) is 11.1 Å². The summed E-state index contributed by atoms with van der Waals surface area (Å²) in [6, 6.07) is 9.03. The second-order valence-corrected chi connectivity index (χ2v) is 17.2. The fourth-order valence-electron chi connectivity index (χ4n) is 6.75. The first kappa shape index (κ1) is 39.6. The molecule has 0 aliphatic carbocycles. The Bertz CT molecular complexity index is 1350. The van der Waals surface area contributed by atoms with E-state index in [1.54, 1.807) is 0 Å². The van der Waals surface area contributed by atoms with Crippen molar-refractivity contribution < 1.29 is 14.6 Å². The van der Waals surface area contributed by atoms with E-state index in [4.69, 9.17) is 4.74 Å². The Morgan fingerprint density at radius 3 is 1.72 bits per heavy atom. The van der Waals surface area contributed by atoms with E-state index in [9.17, 15) is 9.90 Å². The lowest BCUT2D eigenvalue weighted by molar-refractivity contribution is -0.129. The summed E-state index contributed by atoms with van der Waals surface area (Å²) in [6.45, 7) is 37.7.